The van der Waals surface area contributed by atoms with E-state index in [4.69, 9.17) is 5.11 Å². The van der Waals surface area contributed by atoms with Gasteiger partial charge in [-0.3, -0.25) is 4.98 Å². The first-order valence-electron chi connectivity index (χ1n) is 2.92. The smallest absolute Gasteiger partial charge is 0.344 e. The third-order valence-electron chi connectivity index (χ3n) is 1.10. The van der Waals surface area contributed by atoms with Crippen molar-refractivity contribution >= 4 is 0 Å². The molecule has 6 nitrogen and oxygen atoms in total. The van der Waals surface area contributed by atoms with Crippen LogP contribution in [0.25, 0.3) is 0 Å². The number of aromatic nitrogens is 3. The van der Waals surface area contributed by atoms with E-state index in [1.165, 1.54) is 6.08 Å². The zero-order valence-electron chi connectivity index (χ0n) is 5.57. The van der Waals surface area contributed by atoms with Crippen molar-refractivity contribution in [3.05, 3.63) is 33.3 Å². The number of rotatable bonds is 2. The second-order valence-corrected chi connectivity index (χ2v) is 1.87. The minimum atomic E-state index is -0.554. The van der Waals surface area contributed by atoms with Crippen molar-refractivity contribution in [3.8, 4) is 0 Å². The van der Waals surface area contributed by atoms with Crippen molar-refractivity contribution in [2.45, 2.75) is 6.54 Å². The predicted octanol–water partition coefficient (Wildman–Crippen LogP) is -1.06. The summed E-state index contributed by atoms with van der Waals surface area (Å²) in [5.74, 6) is 0. The second-order valence-electron chi connectivity index (χ2n) is 1.87. The number of hydrogen-bond acceptors (Lipinski definition) is 3. The summed E-state index contributed by atoms with van der Waals surface area (Å²) in [5, 5.41) is 10.4. The first kappa shape index (κ1) is 7.39. The van der Waals surface area contributed by atoms with Crippen LogP contribution in [0.15, 0.2) is 21.9 Å². The Morgan fingerprint density at radius 1 is 1.55 bits per heavy atom. The Hall–Kier alpha value is -1.72. The molecule has 3 N–H and O–H groups in total. The first-order chi connectivity index (χ1) is 5.24. The Kier molecular flexibility index (Phi) is 1.95. The van der Waals surface area contributed by atoms with Crippen molar-refractivity contribution in [2.24, 2.45) is 0 Å². The molecule has 0 fully saturated rings. The normalized spacial score (nSPS) is 10.9. The maximum absolute atomic E-state index is 10.7. The highest BCUT2D eigenvalue weighted by atomic mass is 16.2. The van der Waals surface area contributed by atoms with E-state index >= 15 is 0 Å². The van der Waals surface area contributed by atoms with Gasteiger partial charge in [0.2, 0.25) is 0 Å². The number of nitrogens with one attached hydrogen (secondary N) is 2. The van der Waals surface area contributed by atoms with E-state index in [1.54, 1.807) is 0 Å². The highest BCUT2D eigenvalue weighted by Gasteiger charge is 1.94. The van der Waals surface area contributed by atoms with Gasteiger partial charge in [0.05, 0.1) is 12.8 Å². The first-order valence-corrected chi connectivity index (χ1v) is 2.92. The molecule has 1 aromatic rings. The van der Waals surface area contributed by atoms with Gasteiger partial charge in [-0.1, -0.05) is 0 Å². The van der Waals surface area contributed by atoms with Crippen LogP contribution in [0.4, 0.5) is 0 Å². The molecule has 0 amide bonds. The molecule has 0 radical (unpaired) electrons. The lowest BCUT2D eigenvalue weighted by atomic mass is 10.6. The van der Waals surface area contributed by atoms with Crippen molar-refractivity contribution in [2.75, 3.05) is 0 Å². The van der Waals surface area contributed by atoms with E-state index in [0.29, 0.717) is 0 Å². The second kappa shape index (κ2) is 2.91. The van der Waals surface area contributed by atoms with Gasteiger partial charge in [-0.05, 0) is 6.08 Å². The van der Waals surface area contributed by atoms with Gasteiger partial charge in [0.25, 0.3) is 0 Å². The van der Waals surface area contributed by atoms with Gasteiger partial charge in [0.15, 0.2) is 0 Å². The maximum atomic E-state index is 10.7. The molecule has 0 atom stereocenters. The molecule has 0 aromatic carbocycles. The number of aliphatic hydroxyl groups excluding tert-OH is 1. The van der Waals surface area contributed by atoms with E-state index in [-0.39, 0.29) is 6.54 Å². The summed E-state index contributed by atoms with van der Waals surface area (Å²) in [6.07, 6.45) is 2.13. The Labute approximate surface area is 60.8 Å². The van der Waals surface area contributed by atoms with Crippen LogP contribution < -0.4 is 11.4 Å². The maximum Gasteiger partial charge on any atom is 0.344 e. The van der Waals surface area contributed by atoms with Crippen molar-refractivity contribution < 1.29 is 5.11 Å². The average Bonchev–Trinajstić information content (AvgIpc) is 2.26. The van der Waals surface area contributed by atoms with Gasteiger partial charge in [0.1, 0.15) is 0 Å². The molecule has 1 rings (SSSR count). The Bertz CT molecular complexity index is 356. The van der Waals surface area contributed by atoms with Crippen LogP contribution in [-0.2, 0) is 6.54 Å². The Balaban J connectivity index is 2.95. The number of hydrogen-bond donors (Lipinski definition) is 3. The molecule has 0 aliphatic heterocycles. The minimum absolute atomic E-state index is 0.147. The summed E-state index contributed by atoms with van der Waals surface area (Å²) in [7, 11) is 0. The van der Waals surface area contributed by atoms with Crippen LogP contribution in [0.5, 0.6) is 0 Å². The van der Waals surface area contributed by atoms with Gasteiger partial charge in [-0.2, -0.15) is 0 Å². The van der Waals surface area contributed by atoms with E-state index < -0.39 is 11.4 Å². The third kappa shape index (κ3) is 1.60. The van der Waals surface area contributed by atoms with E-state index in [2.05, 4.69) is 5.10 Å². The van der Waals surface area contributed by atoms with Gasteiger partial charge in [-0.25, -0.2) is 19.4 Å². The summed E-state index contributed by atoms with van der Waals surface area (Å²) < 4.78 is 1.04. The lowest BCUT2D eigenvalue weighted by molar-refractivity contribution is 0.467. The van der Waals surface area contributed by atoms with Gasteiger partial charge < -0.3 is 5.11 Å². The summed E-state index contributed by atoms with van der Waals surface area (Å²) in [5.41, 5.74) is -1.07. The molecule has 0 spiro atoms. The highest BCUT2D eigenvalue weighted by Crippen LogP contribution is 1.71. The van der Waals surface area contributed by atoms with Gasteiger partial charge in [-0.15, -0.1) is 0 Å². The Morgan fingerprint density at radius 3 is 2.73 bits per heavy atom. The zero-order valence-corrected chi connectivity index (χ0v) is 5.57. The molecule has 0 bridgehead atoms. The van der Waals surface area contributed by atoms with Crippen LogP contribution >= 0.6 is 0 Å². The molecule has 11 heavy (non-hydrogen) atoms. The van der Waals surface area contributed by atoms with Crippen LogP contribution in [0, 0.1) is 0 Å². The van der Waals surface area contributed by atoms with Crippen LogP contribution in [0.1, 0.15) is 0 Å². The molecule has 0 saturated heterocycles. The lowest BCUT2D eigenvalue weighted by Crippen LogP contribution is -2.17. The van der Waals surface area contributed by atoms with Crippen LogP contribution in [-0.4, -0.2) is 19.9 Å². The summed E-state index contributed by atoms with van der Waals surface area (Å²) in [6, 6.07) is 0. The fourth-order valence-electron chi connectivity index (χ4n) is 0.647. The molecule has 0 aliphatic carbocycles. The number of aromatic amines is 2. The molecule has 0 aliphatic rings. The van der Waals surface area contributed by atoms with Crippen LogP contribution in [0.3, 0.4) is 0 Å². The monoisotopic (exact) mass is 157 g/mol. The summed E-state index contributed by atoms with van der Waals surface area (Å²) >= 11 is 0. The lowest BCUT2D eigenvalue weighted by Gasteiger charge is -1.89. The largest absolute Gasteiger partial charge is 0.516 e. The zero-order chi connectivity index (χ0) is 8.27. The number of nitrogens with zero attached hydrogens (tertiary/aromatic N) is 1. The van der Waals surface area contributed by atoms with Gasteiger partial charge >= 0.3 is 11.4 Å². The fourth-order valence-corrected chi connectivity index (χ4v) is 0.647. The predicted molar refractivity (Wildman–Crippen MR) is 37.4 cm³/mol. The standard InChI is InChI=1S/C5H7N3O3/c9-3-1-2-8-5(11)6-4(10)7-8/h1,3,9H,2H2,(H2,6,7,10,11). The summed E-state index contributed by atoms with van der Waals surface area (Å²) in [6.45, 7) is 0.147. The van der Waals surface area contributed by atoms with Crippen molar-refractivity contribution in [1.82, 2.24) is 14.8 Å². The third-order valence-corrected chi connectivity index (χ3v) is 1.10. The molecule has 0 saturated carbocycles. The molecule has 1 aromatic heterocycles. The van der Waals surface area contributed by atoms with E-state index in [1.807, 2.05) is 4.98 Å². The van der Waals surface area contributed by atoms with E-state index in [0.717, 1.165) is 10.9 Å². The van der Waals surface area contributed by atoms with Crippen LogP contribution in [0.2, 0.25) is 0 Å². The quantitative estimate of drug-likeness (QED) is 0.478. The molecule has 60 valence electrons. The Morgan fingerprint density at radius 2 is 2.27 bits per heavy atom. The van der Waals surface area contributed by atoms with Crippen molar-refractivity contribution in [3.63, 3.8) is 0 Å². The average molecular weight is 157 g/mol. The highest BCUT2D eigenvalue weighted by molar-refractivity contribution is 4.73. The molecule has 0 unspecified atom stereocenters. The SMILES string of the molecule is O=c1[nH]c(=O)n(CC=CO)[nH]1. The van der Waals surface area contributed by atoms with Crippen molar-refractivity contribution in [1.29, 1.82) is 0 Å². The van der Waals surface area contributed by atoms with Gasteiger partial charge in [0, 0.05) is 0 Å². The minimum Gasteiger partial charge on any atom is -0.516 e. The molecule has 1 heterocycles. The number of allylic oxidation sites excluding steroid dienone is 1. The molecular formula is C5H7N3O3. The summed E-state index contributed by atoms with van der Waals surface area (Å²) in [4.78, 5) is 23.2. The number of aliphatic hydroxyl groups is 1. The topological polar surface area (TPSA) is 90.9 Å². The molecule has 6 heteroatoms. The fraction of sp³-hybridized carbons (Fsp3) is 0.200. The number of H-pyrrole nitrogens is 2. The van der Waals surface area contributed by atoms with E-state index in [9.17, 15) is 9.59 Å². The molecular weight excluding hydrogens is 150 g/mol.